The van der Waals surface area contributed by atoms with Crippen LogP contribution in [-0.2, 0) is 22.4 Å². The summed E-state index contributed by atoms with van der Waals surface area (Å²) in [5.74, 6) is -2.51. The third-order valence-corrected chi connectivity index (χ3v) is 3.23. The van der Waals surface area contributed by atoms with E-state index >= 15 is 0 Å². The summed E-state index contributed by atoms with van der Waals surface area (Å²) in [6.07, 6.45) is 1.84. The maximum atomic E-state index is 11.0. The van der Waals surface area contributed by atoms with Gasteiger partial charge < -0.3 is 10.4 Å². The van der Waals surface area contributed by atoms with E-state index in [4.69, 9.17) is 5.11 Å². The number of carboxylic acid groups (broad SMARTS) is 1. The monoisotopic (exact) mass is 283 g/mol. The Hall–Kier alpha value is -2.62. The van der Waals surface area contributed by atoms with E-state index in [-0.39, 0.29) is 0 Å². The Kier molecular flexibility index (Phi) is 4.72. The van der Waals surface area contributed by atoms with Crippen LogP contribution in [0.2, 0.25) is 0 Å². The maximum Gasteiger partial charge on any atom is 0.394 e. The predicted octanol–water partition coefficient (Wildman–Crippen LogP) is 2.80. The van der Waals surface area contributed by atoms with Crippen LogP contribution in [0.4, 0.5) is 5.69 Å². The molecule has 4 heteroatoms. The van der Waals surface area contributed by atoms with Crippen LogP contribution in [0.25, 0.3) is 0 Å². The SMILES string of the molecule is Cc1ccc(CCc2ccc(NC(=O)C(=O)O)cc2)cc1. The van der Waals surface area contributed by atoms with Crippen molar-refractivity contribution < 1.29 is 14.7 Å². The second-order valence-corrected chi connectivity index (χ2v) is 4.94. The van der Waals surface area contributed by atoms with Gasteiger partial charge in [0.2, 0.25) is 0 Å². The number of benzene rings is 2. The number of carbonyl (C=O) groups excluding carboxylic acids is 1. The predicted molar refractivity (Wildman–Crippen MR) is 81.3 cm³/mol. The van der Waals surface area contributed by atoms with Crippen LogP contribution >= 0.6 is 0 Å². The van der Waals surface area contributed by atoms with Crippen LogP contribution in [-0.4, -0.2) is 17.0 Å². The van der Waals surface area contributed by atoms with Gasteiger partial charge in [0, 0.05) is 5.69 Å². The Morgan fingerprint density at radius 1 is 0.905 bits per heavy atom. The Morgan fingerprint density at radius 2 is 1.38 bits per heavy atom. The molecule has 2 rings (SSSR count). The molecule has 2 aromatic carbocycles. The summed E-state index contributed by atoms with van der Waals surface area (Å²) in [6, 6.07) is 15.7. The van der Waals surface area contributed by atoms with Gasteiger partial charge in [0.1, 0.15) is 0 Å². The molecular formula is C17H17NO3. The van der Waals surface area contributed by atoms with Crippen LogP contribution in [0.15, 0.2) is 48.5 Å². The minimum absolute atomic E-state index is 0.487. The Morgan fingerprint density at radius 3 is 1.86 bits per heavy atom. The van der Waals surface area contributed by atoms with Crippen molar-refractivity contribution in [3.05, 3.63) is 65.2 Å². The number of nitrogens with one attached hydrogen (secondary N) is 1. The highest BCUT2D eigenvalue weighted by molar-refractivity contribution is 6.36. The van der Waals surface area contributed by atoms with E-state index in [2.05, 4.69) is 36.5 Å². The molecule has 0 saturated heterocycles. The summed E-state index contributed by atoms with van der Waals surface area (Å²) < 4.78 is 0. The second kappa shape index (κ2) is 6.70. The van der Waals surface area contributed by atoms with Gasteiger partial charge >= 0.3 is 11.9 Å². The Balaban J connectivity index is 1.91. The lowest BCUT2D eigenvalue weighted by molar-refractivity contribution is -0.147. The lowest BCUT2D eigenvalue weighted by atomic mass is 10.0. The first-order valence-corrected chi connectivity index (χ1v) is 6.73. The number of aryl methyl sites for hydroxylation is 3. The molecule has 0 atom stereocenters. The van der Waals surface area contributed by atoms with E-state index in [1.165, 1.54) is 11.1 Å². The molecule has 2 N–H and O–H groups in total. The lowest BCUT2D eigenvalue weighted by Crippen LogP contribution is -2.21. The minimum Gasteiger partial charge on any atom is -0.474 e. The van der Waals surface area contributed by atoms with Gasteiger partial charge in [0.05, 0.1) is 0 Å². The number of hydrogen-bond acceptors (Lipinski definition) is 2. The average molecular weight is 283 g/mol. The summed E-state index contributed by atoms with van der Waals surface area (Å²) in [4.78, 5) is 21.5. The molecule has 108 valence electrons. The van der Waals surface area contributed by atoms with E-state index < -0.39 is 11.9 Å². The number of carbonyl (C=O) groups is 2. The van der Waals surface area contributed by atoms with Crippen molar-refractivity contribution in [2.75, 3.05) is 5.32 Å². The van der Waals surface area contributed by atoms with Crippen molar-refractivity contribution in [1.82, 2.24) is 0 Å². The number of carboxylic acids is 1. The zero-order valence-corrected chi connectivity index (χ0v) is 11.8. The molecule has 0 aromatic heterocycles. The fourth-order valence-corrected chi connectivity index (χ4v) is 1.98. The fraction of sp³-hybridized carbons (Fsp3) is 0.176. The molecule has 0 fully saturated rings. The van der Waals surface area contributed by atoms with Gasteiger partial charge in [-0.1, -0.05) is 42.0 Å². The van der Waals surface area contributed by atoms with E-state index in [0.717, 1.165) is 18.4 Å². The molecule has 0 heterocycles. The Labute approximate surface area is 123 Å². The van der Waals surface area contributed by atoms with Crippen molar-refractivity contribution in [2.45, 2.75) is 19.8 Å². The first-order chi connectivity index (χ1) is 10.0. The van der Waals surface area contributed by atoms with Crippen molar-refractivity contribution in [3.63, 3.8) is 0 Å². The van der Waals surface area contributed by atoms with Crippen LogP contribution < -0.4 is 5.32 Å². The minimum atomic E-state index is -1.49. The quantitative estimate of drug-likeness (QED) is 0.848. The smallest absolute Gasteiger partial charge is 0.394 e. The summed E-state index contributed by atoms with van der Waals surface area (Å²) in [7, 11) is 0. The average Bonchev–Trinajstić information content (AvgIpc) is 2.48. The zero-order chi connectivity index (χ0) is 15.2. The van der Waals surface area contributed by atoms with Crippen LogP contribution in [0.5, 0.6) is 0 Å². The topological polar surface area (TPSA) is 66.4 Å². The third-order valence-electron chi connectivity index (χ3n) is 3.23. The van der Waals surface area contributed by atoms with Gasteiger partial charge in [0.15, 0.2) is 0 Å². The van der Waals surface area contributed by atoms with Crippen molar-refractivity contribution in [1.29, 1.82) is 0 Å². The molecule has 0 radical (unpaired) electrons. The molecule has 0 saturated carbocycles. The number of aliphatic carboxylic acids is 1. The van der Waals surface area contributed by atoms with E-state index in [1.54, 1.807) is 12.1 Å². The number of amides is 1. The second-order valence-electron chi connectivity index (χ2n) is 4.94. The first kappa shape index (κ1) is 14.8. The van der Waals surface area contributed by atoms with Crippen LogP contribution in [0, 0.1) is 6.92 Å². The van der Waals surface area contributed by atoms with E-state index in [1.807, 2.05) is 12.1 Å². The fourth-order valence-electron chi connectivity index (χ4n) is 1.98. The molecule has 0 spiro atoms. The van der Waals surface area contributed by atoms with Crippen LogP contribution in [0.3, 0.4) is 0 Å². The van der Waals surface area contributed by atoms with Gasteiger partial charge in [0.25, 0.3) is 0 Å². The molecule has 21 heavy (non-hydrogen) atoms. The zero-order valence-electron chi connectivity index (χ0n) is 11.8. The number of rotatable bonds is 4. The number of anilines is 1. The first-order valence-electron chi connectivity index (χ1n) is 6.73. The maximum absolute atomic E-state index is 11.0. The molecule has 2 aromatic rings. The van der Waals surface area contributed by atoms with Gasteiger partial charge in [-0.2, -0.15) is 0 Å². The van der Waals surface area contributed by atoms with Crippen molar-refractivity contribution in [2.24, 2.45) is 0 Å². The molecule has 0 aliphatic rings. The summed E-state index contributed by atoms with van der Waals surface area (Å²) in [5.41, 5.74) is 4.16. The van der Waals surface area contributed by atoms with Crippen molar-refractivity contribution >= 4 is 17.6 Å². The summed E-state index contributed by atoms with van der Waals surface area (Å²) in [6.45, 7) is 2.06. The summed E-state index contributed by atoms with van der Waals surface area (Å²) >= 11 is 0. The molecule has 0 bridgehead atoms. The molecule has 1 amide bonds. The normalized spacial score (nSPS) is 10.1. The lowest BCUT2D eigenvalue weighted by Gasteiger charge is -2.05. The highest BCUT2D eigenvalue weighted by Gasteiger charge is 2.10. The summed E-state index contributed by atoms with van der Waals surface area (Å²) in [5, 5.41) is 10.8. The Bertz CT molecular complexity index is 630. The molecule has 0 unspecified atom stereocenters. The van der Waals surface area contributed by atoms with Crippen LogP contribution in [0.1, 0.15) is 16.7 Å². The van der Waals surface area contributed by atoms with Gasteiger partial charge in [-0.05, 0) is 43.0 Å². The highest BCUT2D eigenvalue weighted by Crippen LogP contribution is 2.12. The molecule has 4 nitrogen and oxygen atoms in total. The highest BCUT2D eigenvalue weighted by atomic mass is 16.4. The van der Waals surface area contributed by atoms with Gasteiger partial charge in [-0.15, -0.1) is 0 Å². The molecule has 0 aliphatic carbocycles. The van der Waals surface area contributed by atoms with E-state index in [0.29, 0.717) is 5.69 Å². The van der Waals surface area contributed by atoms with Gasteiger partial charge in [-0.3, -0.25) is 4.79 Å². The number of hydrogen-bond donors (Lipinski definition) is 2. The van der Waals surface area contributed by atoms with Crippen molar-refractivity contribution in [3.8, 4) is 0 Å². The van der Waals surface area contributed by atoms with E-state index in [9.17, 15) is 9.59 Å². The third kappa shape index (κ3) is 4.45. The molecular weight excluding hydrogens is 266 g/mol. The molecule has 0 aliphatic heterocycles. The van der Waals surface area contributed by atoms with Gasteiger partial charge in [-0.25, -0.2) is 4.79 Å². The largest absolute Gasteiger partial charge is 0.474 e. The standard InChI is InChI=1S/C17H17NO3/c1-12-2-4-13(5-3-12)6-7-14-8-10-15(11-9-14)18-16(19)17(20)21/h2-5,8-11H,6-7H2,1H3,(H,18,19)(H,20,21).